The molecule has 0 aliphatic rings. The summed E-state index contributed by atoms with van der Waals surface area (Å²) in [6.45, 7) is 0. The molecule has 9 heteroatoms. The average Bonchev–Trinajstić information content (AvgIpc) is 2.90. The molecule has 0 saturated carbocycles. The molecule has 0 radical (unpaired) electrons. The quantitative estimate of drug-likeness (QED) is 0.202. The van der Waals surface area contributed by atoms with E-state index >= 15 is 0 Å². The van der Waals surface area contributed by atoms with Crippen LogP contribution in [-0.2, 0) is 15.2 Å². The summed E-state index contributed by atoms with van der Waals surface area (Å²) in [5.74, 6) is -2.52. The SMILES string of the molecule is Nc1ccccc1NC(=O)c1ccc(C(O)(C(=O)Nc2ccccc2)C(=O)Nc2ccccc2)nc1. The topological polar surface area (TPSA) is 146 Å². The van der Waals surface area contributed by atoms with Crippen LogP contribution in [0.4, 0.5) is 22.7 Å². The van der Waals surface area contributed by atoms with E-state index in [0.29, 0.717) is 22.7 Å². The Hall–Kier alpha value is -5.02. The van der Waals surface area contributed by atoms with Crippen molar-refractivity contribution in [3.63, 3.8) is 0 Å². The van der Waals surface area contributed by atoms with Crippen molar-refractivity contribution in [2.75, 3.05) is 21.7 Å². The maximum atomic E-state index is 13.2. The molecule has 180 valence electrons. The van der Waals surface area contributed by atoms with E-state index in [2.05, 4.69) is 20.9 Å². The fourth-order valence-corrected chi connectivity index (χ4v) is 3.37. The zero-order valence-electron chi connectivity index (χ0n) is 19.0. The summed E-state index contributed by atoms with van der Waals surface area (Å²) < 4.78 is 0. The van der Waals surface area contributed by atoms with Gasteiger partial charge in [-0.2, -0.15) is 0 Å². The van der Waals surface area contributed by atoms with E-state index < -0.39 is 23.3 Å². The van der Waals surface area contributed by atoms with Crippen molar-refractivity contribution < 1.29 is 19.5 Å². The van der Waals surface area contributed by atoms with E-state index in [9.17, 15) is 19.5 Å². The zero-order chi connectivity index (χ0) is 25.5. The van der Waals surface area contributed by atoms with Crippen LogP contribution in [0.2, 0.25) is 0 Å². The summed E-state index contributed by atoms with van der Waals surface area (Å²) in [4.78, 5) is 43.2. The molecule has 0 aliphatic carbocycles. The van der Waals surface area contributed by atoms with Crippen LogP contribution >= 0.6 is 0 Å². The molecule has 0 fully saturated rings. The molecule has 1 heterocycles. The van der Waals surface area contributed by atoms with Gasteiger partial charge in [0.25, 0.3) is 23.3 Å². The van der Waals surface area contributed by atoms with Crippen molar-refractivity contribution >= 4 is 40.5 Å². The first-order chi connectivity index (χ1) is 17.4. The Labute approximate surface area is 207 Å². The molecule has 1 aromatic heterocycles. The number of carbonyl (C=O) groups is 3. The fourth-order valence-electron chi connectivity index (χ4n) is 3.37. The number of aliphatic hydroxyl groups is 1. The third-order valence-electron chi connectivity index (χ3n) is 5.33. The highest BCUT2D eigenvalue weighted by Gasteiger charge is 2.47. The summed E-state index contributed by atoms with van der Waals surface area (Å²) in [5.41, 5.74) is 4.61. The molecule has 4 aromatic rings. The number of para-hydroxylation sites is 4. The number of aromatic nitrogens is 1. The third kappa shape index (κ3) is 5.21. The van der Waals surface area contributed by atoms with Crippen LogP contribution in [0.15, 0.2) is 103 Å². The van der Waals surface area contributed by atoms with Crippen LogP contribution in [0.1, 0.15) is 16.1 Å². The molecule has 3 aromatic carbocycles. The minimum Gasteiger partial charge on any atom is -0.397 e. The third-order valence-corrected chi connectivity index (χ3v) is 5.33. The second-order valence-corrected chi connectivity index (χ2v) is 7.82. The molecule has 0 aliphatic heterocycles. The van der Waals surface area contributed by atoms with Crippen molar-refractivity contribution in [2.45, 2.75) is 5.60 Å². The van der Waals surface area contributed by atoms with Crippen molar-refractivity contribution in [1.29, 1.82) is 0 Å². The summed E-state index contributed by atoms with van der Waals surface area (Å²) in [6, 6.07) is 26.1. The Balaban J connectivity index is 1.63. The van der Waals surface area contributed by atoms with E-state index in [1.54, 1.807) is 84.9 Å². The van der Waals surface area contributed by atoms with Gasteiger partial charge in [-0.05, 0) is 48.5 Å². The van der Waals surface area contributed by atoms with Crippen molar-refractivity contribution in [2.24, 2.45) is 0 Å². The normalized spacial score (nSPS) is 10.8. The summed E-state index contributed by atoms with van der Waals surface area (Å²) in [7, 11) is 0. The largest absolute Gasteiger partial charge is 0.397 e. The molecule has 0 atom stereocenters. The van der Waals surface area contributed by atoms with Gasteiger partial charge in [0.2, 0.25) is 0 Å². The van der Waals surface area contributed by atoms with Gasteiger partial charge in [0.1, 0.15) is 0 Å². The molecule has 36 heavy (non-hydrogen) atoms. The predicted octanol–water partition coefficient (Wildman–Crippen LogP) is 3.38. The number of anilines is 4. The number of nitrogen functional groups attached to an aromatic ring is 1. The molecule has 9 nitrogen and oxygen atoms in total. The van der Waals surface area contributed by atoms with Gasteiger partial charge in [0.05, 0.1) is 22.6 Å². The number of nitrogens with one attached hydrogen (secondary N) is 3. The highest BCUT2D eigenvalue weighted by molar-refractivity contribution is 6.17. The van der Waals surface area contributed by atoms with Crippen LogP contribution in [-0.4, -0.2) is 27.8 Å². The monoisotopic (exact) mass is 481 g/mol. The number of hydrogen-bond donors (Lipinski definition) is 5. The lowest BCUT2D eigenvalue weighted by molar-refractivity contribution is -0.148. The van der Waals surface area contributed by atoms with E-state index in [4.69, 9.17) is 5.73 Å². The Morgan fingerprint density at radius 2 is 1.22 bits per heavy atom. The fraction of sp³-hybridized carbons (Fsp3) is 0.0370. The van der Waals surface area contributed by atoms with Gasteiger partial charge in [0, 0.05) is 17.6 Å². The number of nitrogens with two attached hydrogens (primary N) is 1. The van der Waals surface area contributed by atoms with E-state index in [0.717, 1.165) is 0 Å². The minimum atomic E-state index is -2.70. The summed E-state index contributed by atoms with van der Waals surface area (Å²) >= 11 is 0. The lowest BCUT2D eigenvalue weighted by Gasteiger charge is -2.25. The van der Waals surface area contributed by atoms with Crippen LogP contribution in [0.5, 0.6) is 0 Å². The number of nitrogens with zero attached hydrogens (tertiary/aromatic N) is 1. The van der Waals surface area contributed by atoms with Crippen molar-refractivity contribution in [1.82, 2.24) is 4.98 Å². The van der Waals surface area contributed by atoms with E-state index in [1.807, 2.05) is 0 Å². The number of amides is 3. The second kappa shape index (κ2) is 10.5. The highest BCUT2D eigenvalue weighted by atomic mass is 16.3. The Kier molecular flexibility index (Phi) is 7.03. The van der Waals surface area contributed by atoms with Gasteiger partial charge in [0.15, 0.2) is 0 Å². The minimum absolute atomic E-state index is 0.135. The zero-order valence-corrected chi connectivity index (χ0v) is 19.0. The Morgan fingerprint density at radius 3 is 1.72 bits per heavy atom. The number of hydrogen-bond acceptors (Lipinski definition) is 6. The predicted molar refractivity (Wildman–Crippen MR) is 137 cm³/mol. The number of pyridine rings is 1. The van der Waals surface area contributed by atoms with Gasteiger partial charge >= 0.3 is 0 Å². The smallest absolute Gasteiger partial charge is 0.272 e. The van der Waals surface area contributed by atoms with Gasteiger partial charge in [-0.1, -0.05) is 48.5 Å². The van der Waals surface area contributed by atoms with Crippen molar-refractivity contribution in [3.8, 4) is 0 Å². The molecule has 6 N–H and O–H groups in total. The summed E-state index contributed by atoms with van der Waals surface area (Å²) in [5, 5.41) is 19.2. The van der Waals surface area contributed by atoms with Gasteiger partial charge < -0.3 is 26.8 Å². The molecular formula is C27H23N5O4. The number of carbonyl (C=O) groups excluding carboxylic acids is 3. The Morgan fingerprint density at radius 1 is 0.694 bits per heavy atom. The number of rotatable bonds is 7. The maximum Gasteiger partial charge on any atom is 0.272 e. The standard InChI is InChI=1S/C27H23N5O4/c28-21-13-7-8-14-22(21)32-24(33)18-15-16-23(29-17-18)27(36,25(34)30-19-9-3-1-4-10-19)26(35)31-20-11-5-2-6-12-20/h1-17,36H,28H2,(H,30,34)(H,31,35)(H,32,33). The molecule has 4 rings (SSSR count). The first kappa shape index (κ1) is 24.1. The second-order valence-electron chi connectivity index (χ2n) is 7.82. The lowest BCUT2D eigenvalue weighted by atomic mass is 9.95. The van der Waals surface area contributed by atoms with Crippen LogP contribution < -0.4 is 21.7 Å². The molecule has 0 bridgehead atoms. The molecule has 0 saturated heterocycles. The number of benzene rings is 3. The van der Waals surface area contributed by atoms with Crippen LogP contribution in [0.3, 0.4) is 0 Å². The molecule has 0 unspecified atom stereocenters. The molecule has 0 spiro atoms. The van der Waals surface area contributed by atoms with Crippen LogP contribution in [0.25, 0.3) is 0 Å². The summed E-state index contributed by atoms with van der Waals surface area (Å²) in [6.07, 6.45) is 1.17. The highest BCUT2D eigenvalue weighted by Crippen LogP contribution is 2.25. The first-order valence-electron chi connectivity index (χ1n) is 11.0. The van der Waals surface area contributed by atoms with Crippen LogP contribution in [0, 0.1) is 0 Å². The van der Waals surface area contributed by atoms with E-state index in [1.165, 1.54) is 18.3 Å². The maximum absolute atomic E-state index is 13.2. The lowest BCUT2D eigenvalue weighted by Crippen LogP contribution is -2.50. The van der Waals surface area contributed by atoms with Crippen molar-refractivity contribution in [3.05, 3.63) is 115 Å². The molecule has 3 amide bonds. The van der Waals surface area contributed by atoms with Gasteiger partial charge in [-0.25, -0.2) is 0 Å². The van der Waals surface area contributed by atoms with E-state index in [-0.39, 0.29) is 11.3 Å². The Bertz CT molecular complexity index is 1320. The molecular weight excluding hydrogens is 458 g/mol. The average molecular weight is 482 g/mol. The van der Waals surface area contributed by atoms with Gasteiger partial charge in [-0.15, -0.1) is 0 Å². The first-order valence-corrected chi connectivity index (χ1v) is 11.0. The van der Waals surface area contributed by atoms with Gasteiger partial charge in [-0.3, -0.25) is 19.4 Å².